The molecule has 86 valence electrons. The van der Waals surface area contributed by atoms with E-state index in [2.05, 4.69) is 17.6 Å². The molecule has 2 rings (SSSR count). The van der Waals surface area contributed by atoms with Crippen LogP contribution >= 0.6 is 11.8 Å². The topological polar surface area (TPSA) is 41.1 Å². The molecule has 3 atom stereocenters. The summed E-state index contributed by atoms with van der Waals surface area (Å²) in [6.07, 6.45) is 6.54. The Morgan fingerprint density at radius 3 is 3.00 bits per heavy atom. The molecule has 0 unspecified atom stereocenters. The molecule has 15 heavy (non-hydrogen) atoms. The number of hydrogen-bond acceptors (Lipinski definition) is 2. The van der Waals surface area contributed by atoms with Crippen molar-refractivity contribution in [3.05, 3.63) is 0 Å². The highest BCUT2D eigenvalue weighted by atomic mass is 32.2. The van der Waals surface area contributed by atoms with Crippen LogP contribution in [0.25, 0.3) is 0 Å². The molecule has 0 aliphatic carbocycles. The number of thioether (sulfide) groups is 1. The Morgan fingerprint density at radius 2 is 2.20 bits per heavy atom. The van der Waals surface area contributed by atoms with Gasteiger partial charge in [-0.3, -0.25) is 0 Å². The van der Waals surface area contributed by atoms with Gasteiger partial charge in [-0.05, 0) is 6.42 Å². The van der Waals surface area contributed by atoms with Gasteiger partial charge < -0.3 is 10.6 Å². The van der Waals surface area contributed by atoms with Gasteiger partial charge in [0.1, 0.15) is 0 Å². The van der Waals surface area contributed by atoms with E-state index in [1.807, 2.05) is 11.8 Å². The lowest BCUT2D eigenvalue weighted by Gasteiger charge is -2.16. The van der Waals surface area contributed by atoms with Crippen molar-refractivity contribution in [2.24, 2.45) is 0 Å². The molecule has 0 radical (unpaired) electrons. The number of fused-ring (bicyclic) bond motifs is 1. The molecule has 2 fully saturated rings. The maximum absolute atomic E-state index is 11.1. The van der Waals surface area contributed by atoms with Crippen LogP contribution < -0.4 is 10.6 Å². The van der Waals surface area contributed by atoms with Crippen LogP contribution in [0.1, 0.15) is 39.0 Å². The Morgan fingerprint density at radius 1 is 1.33 bits per heavy atom. The highest BCUT2D eigenvalue weighted by Crippen LogP contribution is 2.33. The third kappa shape index (κ3) is 2.60. The van der Waals surface area contributed by atoms with Crippen molar-refractivity contribution < 1.29 is 4.79 Å². The van der Waals surface area contributed by atoms with Crippen LogP contribution in [-0.4, -0.2) is 29.1 Å². The van der Waals surface area contributed by atoms with Crippen molar-refractivity contribution in [2.75, 3.05) is 5.75 Å². The molecule has 2 aliphatic rings. The highest BCUT2D eigenvalue weighted by Gasteiger charge is 2.42. The van der Waals surface area contributed by atoms with Crippen molar-refractivity contribution in [2.45, 2.75) is 56.4 Å². The highest BCUT2D eigenvalue weighted by molar-refractivity contribution is 8.00. The van der Waals surface area contributed by atoms with Crippen LogP contribution in [0, 0.1) is 0 Å². The van der Waals surface area contributed by atoms with Crippen molar-refractivity contribution in [3.63, 3.8) is 0 Å². The minimum atomic E-state index is 0.0314. The fourth-order valence-electron chi connectivity index (χ4n) is 2.42. The number of hydrogen-bond donors (Lipinski definition) is 2. The van der Waals surface area contributed by atoms with Crippen molar-refractivity contribution in [1.29, 1.82) is 0 Å². The molecule has 0 aromatic heterocycles. The average Bonchev–Trinajstić information content (AvgIpc) is 2.73. The zero-order chi connectivity index (χ0) is 10.7. The lowest BCUT2D eigenvalue weighted by atomic mass is 10.0. The molecule has 0 spiro atoms. The lowest BCUT2D eigenvalue weighted by molar-refractivity contribution is 0.247. The zero-order valence-electron chi connectivity index (χ0n) is 9.29. The van der Waals surface area contributed by atoms with Gasteiger partial charge in [-0.15, -0.1) is 0 Å². The Balaban J connectivity index is 1.72. The van der Waals surface area contributed by atoms with Crippen LogP contribution in [0.3, 0.4) is 0 Å². The van der Waals surface area contributed by atoms with Gasteiger partial charge in [0.15, 0.2) is 0 Å². The van der Waals surface area contributed by atoms with Crippen molar-refractivity contribution in [1.82, 2.24) is 10.6 Å². The first-order valence-electron chi connectivity index (χ1n) is 6.00. The number of rotatable bonds is 5. The summed E-state index contributed by atoms with van der Waals surface area (Å²) >= 11 is 2.02. The Hall–Kier alpha value is -0.380. The van der Waals surface area contributed by atoms with Gasteiger partial charge in [-0.1, -0.05) is 32.6 Å². The van der Waals surface area contributed by atoms with Gasteiger partial charge in [0.2, 0.25) is 0 Å². The first kappa shape index (κ1) is 11.1. The number of urea groups is 1. The summed E-state index contributed by atoms with van der Waals surface area (Å²) in [6.45, 7) is 2.24. The van der Waals surface area contributed by atoms with Crippen LogP contribution in [0.4, 0.5) is 4.79 Å². The molecule has 2 saturated heterocycles. The van der Waals surface area contributed by atoms with Crippen LogP contribution in [0.5, 0.6) is 0 Å². The molecule has 4 heteroatoms. The van der Waals surface area contributed by atoms with Gasteiger partial charge in [-0.25, -0.2) is 4.79 Å². The maximum Gasteiger partial charge on any atom is 0.315 e. The Labute approximate surface area is 95.8 Å². The maximum atomic E-state index is 11.1. The SMILES string of the molecule is CCCCCC[C@H]1SC[C@H]2NC(=O)N[C@H]21. The van der Waals surface area contributed by atoms with E-state index in [1.165, 1.54) is 32.1 Å². The Kier molecular flexibility index (Phi) is 3.78. The summed E-state index contributed by atoms with van der Waals surface area (Å²) in [6, 6.07) is 0.812. The number of carbonyl (C=O) groups excluding carboxylic acids is 1. The van der Waals surface area contributed by atoms with E-state index >= 15 is 0 Å². The normalized spacial score (nSPS) is 33.7. The average molecular weight is 228 g/mol. The zero-order valence-corrected chi connectivity index (χ0v) is 10.1. The molecule has 0 bridgehead atoms. The minimum Gasteiger partial charge on any atom is -0.332 e. The molecule has 2 amide bonds. The van der Waals surface area contributed by atoms with E-state index in [0.29, 0.717) is 17.3 Å². The van der Waals surface area contributed by atoms with E-state index in [9.17, 15) is 4.79 Å². The second kappa shape index (κ2) is 5.10. The van der Waals surface area contributed by atoms with Gasteiger partial charge in [0, 0.05) is 11.0 Å². The monoisotopic (exact) mass is 228 g/mol. The first-order valence-corrected chi connectivity index (χ1v) is 7.04. The molecule has 0 aromatic rings. The smallest absolute Gasteiger partial charge is 0.315 e. The van der Waals surface area contributed by atoms with Crippen molar-refractivity contribution >= 4 is 17.8 Å². The minimum absolute atomic E-state index is 0.0314. The molecule has 2 N–H and O–H groups in total. The van der Waals surface area contributed by atoms with E-state index in [1.54, 1.807) is 0 Å². The van der Waals surface area contributed by atoms with E-state index in [-0.39, 0.29) is 6.03 Å². The standard InChI is InChI=1S/C11H20N2OS/c1-2-3-4-5-6-9-10-8(7-15-9)12-11(14)13-10/h8-10H,2-7H2,1H3,(H2,12,13,14)/t8-,9-,10-/m1/s1. The largest absolute Gasteiger partial charge is 0.332 e. The second-order valence-corrected chi connectivity index (χ2v) is 5.74. The molecule has 0 aromatic carbocycles. The molecule has 0 saturated carbocycles. The molecule has 3 nitrogen and oxygen atoms in total. The number of unbranched alkanes of at least 4 members (excludes halogenated alkanes) is 3. The van der Waals surface area contributed by atoms with Crippen LogP contribution in [-0.2, 0) is 0 Å². The van der Waals surface area contributed by atoms with E-state index in [4.69, 9.17) is 0 Å². The fourth-order valence-corrected chi connectivity index (χ4v) is 3.96. The molecular weight excluding hydrogens is 208 g/mol. The predicted molar refractivity (Wildman–Crippen MR) is 64.2 cm³/mol. The third-order valence-electron chi connectivity index (χ3n) is 3.28. The number of amides is 2. The summed E-state index contributed by atoms with van der Waals surface area (Å²) in [7, 11) is 0. The third-order valence-corrected chi connectivity index (χ3v) is 4.79. The van der Waals surface area contributed by atoms with Crippen LogP contribution in [0.15, 0.2) is 0 Å². The molecule has 2 heterocycles. The van der Waals surface area contributed by atoms with Gasteiger partial charge in [0.05, 0.1) is 12.1 Å². The van der Waals surface area contributed by atoms with E-state index < -0.39 is 0 Å². The molecule has 2 aliphatic heterocycles. The number of nitrogens with one attached hydrogen (secondary N) is 2. The summed E-state index contributed by atoms with van der Waals surface area (Å²) in [5.74, 6) is 1.09. The van der Waals surface area contributed by atoms with Gasteiger partial charge >= 0.3 is 6.03 Å². The van der Waals surface area contributed by atoms with Crippen molar-refractivity contribution in [3.8, 4) is 0 Å². The summed E-state index contributed by atoms with van der Waals surface area (Å²) < 4.78 is 0. The summed E-state index contributed by atoms with van der Waals surface area (Å²) in [5, 5.41) is 6.66. The second-order valence-electron chi connectivity index (χ2n) is 4.47. The van der Waals surface area contributed by atoms with Gasteiger partial charge in [-0.2, -0.15) is 11.8 Å². The summed E-state index contributed by atoms with van der Waals surface area (Å²) in [4.78, 5) is 11.1. The Bertz CT molecular complexity index is 235. The lowest BCUT2D eigenvalue weighted by Crippen LogP contribution is -2.36. The number of carbonyl (C=O) groups is 1. The van der Waals surface area contributed by atoms with Crippen LogP contribution in [0.2, 0.25) is 0 Å². The summed E-state index contributed by atoms with van der Waals surface area (Å²) in [5.41, 5.74) is 0. The first-order chi connectivity index (χ1) is 7.31. The quantitative estimate of drug-likeness (QED) is 0.559. The fraction of sp³-hybridized carbons (Fsp3) is 0.909. The molecular formula is C11H20N2OS. The van der Waals surface area contributed by atoms with E-state index in [0.717, 1.165) is 5.75 Å². The predicted octanol–water partition coefficient (Wildman–Crippen LogP) is 2.12. The van der Waals surface area contributed by atoms with Gasteiger partial charge in [0.25, 0.3) is 0 Å².